The van der Waals surface area contributed by atoms with Gasteiger partial charge in [0.05, 0.1) is 17.9 Å². The van der Waals surface area contributed by atoms with Crippen LogP contribution in [-0.4, -0.2) is 12.0 Å². The highest BCUT2D eigenvalue weighted by molar-refractivity contribution is 5.75. The largest absolute Gasteiger partial charge is 0.453 e. The maximum absolute atomic E-state index is 5.71. The minimum Gasteiger partial charge on any atom is -0.453 e. The van der Waals surface area contributed by atoms with Crippen molar-refractivity contribution in [3.05, 3.63) is 60.8 Å². The van der Waals surface area contributed by atoms with E-state index in [9.17, 15) is 0 Å². The fraction of sp³-hybridized carbons (Fsp3) is 0.0667. The molecular formula is C15H15N3O2. The van der Waals surface area contributed by atoms with E-state index in [-0.39, 0.29) is 5.48 Å². The van der Waals surface area contributed by atoms with Gasteiger partial charge in [-0.3, -0.25) is 0 Å². The number of rotatable bonds is 0. The van der Waals surface area contributed by atoms with Crippen LogP contribution in [-0.2, 0) is 0 Å². The molecule has 0 fully saturated rings. The number of nitrogens with one attached hydrogen (secondary N) is 1. The van der Waals surface area contributed by atoms with Crippen molar-refractivity contribution in [3.8, 4) is 11.5 Å². The first-order valence-electron chi connectivity index (χ1n) is 6.08. The van der Waals surface area contributed by atoms with Gasteiger partial charge in [0.15, 0.2) is 11.5 Å². The van der Waals surface area contributed by atoms with Crippen molar-refractivity contribution in [1.29, 1.82) is 0 Å². The molecule has 20 heavy (non-hydrogen) atoms. The number of para-hydroxylation sites is 4. The zero-order chi connectivity index (χ0) is 12.9. The molecule has 102 valence electrons. The molecule has 0 bridgehead atoms. The number of hydrogen-bond donors (Lipinski definition) is 1. The smallest absolute Gasteiger partial charge is 0.150 e. The predicted molar refractivity (Wildman–Crippen MR) is 78.7 cm³/mol. The van der Waals surface area contributed by atoms with Gasteiger partial charge in [0.2, 0.25) is 0 Å². The summed E-state index contributed by atoms with van der Waals surface area (Å²) in [6.07, 6.45) is 3.60. The van der Waals surface area contributed by atoms with Gasteiger partial charge in [0, 0.05) is 6.20 Å². The van der Waals surface area contributed by atoms with Crippen LogP contribution in [0.25, 0.3) is 0 Å². The Labute approximate surface area is 116 Å². The summed E-state index contributed by atoms with van der Waals surface area (Å²) < 4.78 is 5.71. The van der Waals surface area contributed by atoms with Gasteiger partial charge < -0.3 is 15.5 Å². The number of nitrogens with zero attached hydrogens (tertiary/aromatic N) is 2. The van der Waals surface area contributed by atoms with Crippen molar-refractivity contribution in [3.63, 3.8) is 0 Å². The first-order valence-corrected chi connectivity index (χ1v) is 6.08. The van der Waals surface area contributed by atoms with Crippen LogP contribution in [0.5, 0.6) is 11.5 Å². The maximum Gasteiger partial charge on any atom is 0.150 e. The summed E-state index contributed by atoms with van der Waals surface area (Å²) >= 11 is 0. The Bertz CT molecular complexity index is 541. The van der Waals surface area contributed by atoms with Crippen molar-refractivity contribution < 1.29 is 10.2 Å². The number of ether oxygens (including phenoxy) is 1. The lowest BCUT2D eigenvalue weighted by Crippen LogP contribution is -2.01. The minimum atomic E-state index is 0. The van der Waals surface area contributed by atoms with Crippen LogP contribution in [0.4, 0.5) is 11.4 Å². The number of anilines is 2. The second kappa shape index (κ2) is 6.49. The lowest BCUT2D eigenvalue weighted by molar-refractivity contribution is 0.481. The molecule has 5 nitrogen and oxygen atoms in total. The molecule has 2 aliphatic heterocycles. The Balaban J connectivity index is 0.000000210. The van der Waals surface area contributed by atoms with E-state index in [0.29, 0.717) is 0 Å². The molecule has 0 spiro atoms. The van der Waals surface area contributed by atoms with Crippen molar-refractivity contribution in [2.24, 2.45) is 10.2 Å². The Hall–Kier alpha value is -2.66. The molecule has 5 heteroatoms. The Morgan fingerprint density at radius 1 is 0.900 bits per heavy atom. The van der Waals surface area contributed by atoms with Crippen molar-refractivity contribution >= 4 is 11.4 Å². The standard InChI is InChI=1S/C12H9NO.C3H4N2.H2O/c1-3-7-11-9(5-1)13-10-6-2-4-8-12(10)14-11;1-2-4-5-3-1;/h1-8,13H;1-2H,3H2;1H2. The van der Waals surface area contributed by atoms with Gasteiger partial charge in [-0.1, -0.05) is 24.3 Å². The average molecular weight is 269 g/mol. The number of fused-ring (bicyclic) bond motifs is 2. The van der Waals surface area contributed by atoms with Crippen LogP contribution < -0.4 is 10.1 Å². The third-order valence-electron chi connectivity index (χ3n) is 2.70. The summed E-state index contributed by atoms with van der Waals surface area (Å²) in [4.78, 5) is 0. The van der Waals surface area contributed by atoms with Gasteiger partial charge in [-0.15, -0.1) is 0 Å². The molecule has 0 aromatic heterocycles. The zero-order valence-corrected chi connectivity index (χ0v) is 10.8. The molecule has 0 amide bonds. The van der Waals surface area contributed by atoms with Crippen molar-refractivity contribution in [2.75, 3.05) is 11.9 Å². The third kappa shape index (κ3) is 3.02. The highest BCUT2D eigenvalue weighted by Crippen LogP contribution is 2.40. The van der Waals surface area contributed by atoms with E-state index in [1.165, 1.54) is 0 Å². The van der Waals surface area contributed by atoms with Crippen molar-refractivity contribution in [2.45, 2.75) is 0 Å². The summed E-state index contributed by atoms with van der Waals surface area (Å²) in [5, 5.41) is 10.4. The third-order valence-corrected chi connectivity index (χ3v) is 2.70. The van der Waals surface area contributed by atoms with Crippen LogP contribution in [0.3, 0.4) is 0 Å². The van der Waals surface area contributed by atoms with E-state index in [2.05, 4.69) is 15.5 Å². The monoisotopic (exact) mass is 269 g/mol. The number of benzene rings is 2. The highest BCUT2D eigenvalue weighted by Gasteiger charge is 2.13. The van der Waals surface area contributed by atoms with Gasteiger partial charge in [0.25, 0.3) is 0 Å². The van der Waals surface area contributed by atoms with E-state index in [4.69, 9.17) is 4.74 Å². The van der Waals surface area contributed by atoms with Gasteiger partial charge in [0.1, 0.15) is 0 Å². The van der Waals surface area contributed by atoms with Gasteiger partial charge in [-0.25, -0.2) is 0 Å². The molecule has 2 aromatic rings. The summed E-state index contributed by atoms with van der Waals surface area (Å²) in [6.45, 7) is 0.778. The van der Waals surface area contributed by atoms with E-state index in [1.54, 1.807) is 6.20 Å². The molecule has 0 saturated heterocycles. The van der Waals surface area contributed by atoms with Crippen molar-refractivity contribution in [1.82, 2.24) is 0 Å². The van der Waals surface area contributed by atoms with Gasteiger partial charge >= 0.3 is 0 Å². The Morgan fingerprint density at radius 2 is 1.50 bits per heavy atom. The molecule has 0 aliphatic carbocycles. The second-order valence-electron chi connectivity index (χ2n) is 4.04. The molecule has 0 radical (unpaired) electrons. The van der Waals surface area contributed by atoms with E-state index >= 15 is 0 Å². The lowest BCUT2D eigenvalue weighted by atomic mass is 10.2. The summed E-state index contributed by atoms with van der Waals surface area (Å²) in [5.74, 6) is 1.76. The topological polar surface area (TPSA) is 77.5 Å². The van der Waals surface area contributed by atoms with Crippen LogP contribution in [0.15, 0.2) is 71.0 Å². The summed E-state index contributed by atoms with van der Waals surface area (Å²) in [6, 6.07) is 15.8. The molecule has 2 aromatic carbocycles. The highest BCUT2D eigenvalue weighted by atomic mass is 16.5. The number of hydrogen-bond acceptors (Lipinski definition) is 4. The predicted octanol–water partition coefficient (Wildman–Crippen LogP) is 3.68. The fourth-order valence-electron chi connectivity index (χ4n) is 1.82. The first-order chi connectivity index (χ1) is 9.43. The maximum atomic E-state index is 5.71. The van der Waals surface area contributed by atoms with Crippen LogP contribution in [0.1, 0.15) is 0 Å². The SMILES string of the molecule is C1=CN=NC1.O.c1ccc2c(c1)Nc1ccccc1O2. The Morgan fingerprint density at radius 3 is 1.95 bits per heavy atom. The molecule has 0 unspecified atom stereocenters. The molecule has 3 N–H and O–H groups in total. The van der Waals surface area contributed by atoms with Gasteiger partial charge in [-0.2, -0.15) is 10.2 Å². The molecular weight excluding hydrogens is 254 g/mol. The molecule has 2 heterocycles. The molecule has 2 aliphatic rings. The molecule has 4 rings (SSSR count). The van der Waals surface area contributed by atoms with Crippen LogP contribution >= 0.6 is 0 Å². The fourth-order valence-corrected chi connectivity index (χ4v) is 1.82. The van der Waals surface area contributed by atoms with E-state index in [1.807, 2.05) is 54.6 Å². The van der Waals surface area contributed by atoms with Gasteiger partial charge in [-0.05, 0) is 30.3 Å². The second-order valence-corrected chi connectivity index (χ2v) is 4.04. The average Bonchev–Trinajstić information content (AvgIpc) is 3.04. The van der Waals surface area contributed by atoms with E-state index < -0.39 is 0 Å². The molecule has 0 saturated carbocycles. The summed E-state index contributed by atoms with van der Waals surface area (Å²) in [5.41, 5.74) is 2.04. The zero-order valence-electron chi connectivity index (χ0n) is 10.8. The van der Waals surface area contributed by atoms with E-state index in [0.717, 1.165) is 29.4 Å². The lowest BCUT2D eigenvalue weighted by Gasteiger charge is -2.20. The van der Waals surface area contributed by atoms with Crippen LogP contribution in [0, 0.1) is 0 Å². The normalized spacial score (nSPS) is 12.8. The van der Waals surface area contributed by atoms with Crippen LogP contribution in [0.2, 0.25) is 0 Å². The minimum absolute atomic E-state index is 0. The molecule has 0 atom stereocenters. The first kappa shape index (κ1) is 13.8. The number of azo groups is 1. The summed E-state index contributed by atoms with van der Waals surface area (Å²) in [7, 11) is 0. The quantitative estimate of drug-likeness (QED) is 0.675. The Kier molecular flexibility index (Phi) is 4.47.